The van der Waals surface area contributed by atoms with Gasteiger partial charge in [-0.3, -0.25) is 0 Å². The predicted octanol–water partition coefficient (Wildman–Crippen LogP) is 1.53. The van der Waals surface area contributed by atoms with Crippen LogP contribution in [0.3, 0.4) is 0 Å². The summed E-state index contributed by atoms with van der Waals surface area (Å²) in [5.41, 5.74) is 6.39. The molecule has 2 aromatic heterocycles. The molecule has 0 spiro atoms. The van der Waals surface area contributed by atoms with Crippen molar-refractivity contribution < 1.29 is 4.52 Å². The topological polar surface area (TPSA) is 90.7 Å². The fourth-order valence-electron chi connectivity index (χ4n) is 1.73. The summed E-state index contributed by atoms with van der Waals surface area (Å²) < 4.78 is 5.27. The van der Waals surface area contributed by atoms with Gasteiger partial charge >= 0.3 is 0 Å². The Morgan fingerprint density at radius 3 is 2.72 bits per heavy atom. The number of aromatic nitrogens is 4. The highest BCUT2D eigenvalue weighted by Gasteiger charge is 2.21. The molecule has 0 saturated carbocycles. The maximum absolute atomic E-state index is 5.72. The first-order valence-corrected chi connectivity index (χ1v) is 5.95. The van der Waals surface area contributed by atoms with E-state index in [1.807, 2.05) is 6.92 Å². The fourth-order valence-corrected chi connectivity index (χ4v) is 1.73. The maximum Gasteiger partial charge on any atom is 0.231 e. The number of nitrogens with zero attached hydrogens (tertiary/aromatic N) is 4. The third-order valence-corrected chi connectivity index (χ3v) is 2.82. The zero-order valence-corrected chi connectivity index (χ0v) is 10.8. The lowest BCUT2D eigenvalue weighted by Crippen LogP contribution is -2.18. The van der Waals surface area contributed by atoms with Gasteiger partial charge in [0, 0.05) is 12.7 Å². The summed E-state index contributed by atoms with van der Waals surface area (Å²) in [7, 11) is 0. The summed E-state index contributed by atoms with van der Waals surface area (Å²) >= 11 is 0. The lowest BCUT2D eigenvalue weighted by Gasteiger charge is -2.13. The van der Waals surface area contributed by atoms with Crippen LogP contribution < -0.4 is 5.73 Å². The van der Waals surface area contributed by atoms with Gasteiger partial charge in [-0.15, -0.1) is 0 Å². The Labute approximate surface area is 106 Å². The van der Waals surface area contributed by atoms with Crippen LogP contribution in [0.4, 0.5) is 0 Å². The summed E-state index contributed by atoms with van der Waals surface area (Å²) in [6.45, 7) is 6.47. The van der Waals surface area contributed by atoms with Crippen LogP contribution >= 0.6 is 0 Å². The summed E-state index contributed by atoms with van der Waals surface area (Å²) in [5.74, 6) is 2.16. The van der Waals surface area contributed by atoms with Gasteiger partial charge in [0.15, 0.2) is 0 Å². The molecule has 0 aliphatic carbocycles. The molecule has 0 radical (unpaired) electrons. The Bertz CT molecular complexity index is 523. The van der Waals surface area contributed by atoms with Crippen LogP contribution in [0.25, 0.3) is 11.5 Å². The van der Waals surface area contributed by atoms with E-state index in [0.717, 1.165) is 0 Å². The first-order valence-electron chi connectivity index (χ1n) is 5.95. The molecular formula is C12H17N5O. The quantitative estimate of drug-likeness (QED) is 0.881. The van der Waals surface area contributed by atoms with E-state index in [-0.39, 0.29) is 5.92 Å². The van der Waals surface area contributed by atoms with Crippen molar-refractivity contribution in [2.45, 2.75) is 26.7 Å². The van der Waals surface area contributed by atoms with Crippen LogP contribution in [0.2, 0.25) is 0 Å². The van der Waals surface area contributed by atoms with E-state index in [4.69, 9.17) is 10.3 Å². The van der Waals surface area contributed by atoms with Crippen LogP contribution in [0, 0.1) is 12.8 Å². The summed E-state index contributed by atoms with van der Waals surface area (Å²) in [6.07, 6.45) is 1.68. The minimum atomic E-state index is 0.0779. The van der Waals surface area contributed by atoms with E-state index >= 15 is 0 Å². The van der Waals surface area contributed by atoms with Crippen LogP contribution in [0.5, 0.6) is 0 Å². The number of nitrogens with two attached hydrogens (primary N) is 1. The molecule has 1 atom stereocenters. The van der Waals surface area contributed by atoms with Crippen molar-refractivity contribution in [3.8, 4) is 11.5 Å². The van der Waals surface area contributed by atoms with E-state index in [0.29, 0.717) is 35.7 Å². The summed E-state index contributed by atoms with van der Waals surface area (Å²) in [5, 5.41) is 3.95. The van der Waals surface area contributed by atoms with Gasteiger partial charge < -0.3 is 10.3 Å². The molecule has 0 aliphatic rings. The average Bonchev–Trinajstić information content (AvgIpc) is 2.79. The molecule has 0 saturated heterocycles. The first-order chi connectivity index (χ1) is 8.61. The van der Waals surface area contributed by atoms with E-state index in [1.54, 1.807) is 12.3 Å². The van der Waals surface area contributed by atoms with Crippen LogP contribution in [-0.4, -0.2) is 26.7 Å². The molecule has 2 aromatic rings. The molecular weight excluding hydrogens is 230 g/mol. The van der Waals surface area contributed by atoms with Crippen molar-refractivity contribution in [2.75, 3.05) is 6.54 Å². The third-order valence-electron chi connectivity index (χ3n) is 2.82. The highest BCUT2D eigenvalue weighted by Crippen LogP contribution is 2.23. The standard InChI is InChI=1S/C12H17N5O/c1-7(2)9(6-13)12-16-11(17-18-12)10-4-5-14-8(3)15-10/h4-5,7,9H,6,13H2,1-3H3. The van der Waals surface area contributed by atoms with Gasteiger partial charge in [-0.2, -0.15) is 4.98 Å². The van der Waals surface area contributed by atoms with Crippen molar-refractivity contribution >= 4 is 0 Å². The Balaban J connectivity index is 2.30. The van der Waals surface area contributed by atoms with Crippen molar-refractivity contribution in [3.05, 3.63) is 24.0 Å². The number of hydrogen-bond donors (Lipinski definition) is 1. The molecule has 2 heterocycles. The Kier molecular flexibility index (Phi) is 3.66. The van der Waals surface area contributed by atoms with E-state index in [2.05, 4.69) is 34.0 Å². The van der Waals surface area contributed by atoms with E-state index in [9.17, 15) is 0 Å². The molecule has 18 heavy (non-hydrogen) atoms. The van der Waals surface area contributed by atoms with Crippen molar-refractivity contribution in [1.29, 1.82) is 0 Å². The Morgan fingerprint density at radius 2 is 2.11 bits per heavy atom. The second kappa shape index (κ2) is 5.22. The number of aryl methyl sites for hydroxylation is 1. The molecule has 96 valence electrons. The number of rotatable bonds is 4. The van der Waals surface area contributed by atoms with Gasteiger partial charge in [-0.1, -0.05) is 19.0 Å². The normalized spacial score (nSPS) is 12.9. The van der Waals surface area contributed by atoms with Gasteiger partial charge in [0.1, 0.15) is 11.5 Å². The SMILES string of the molecule is Cc1nccc(-c2noc(C(CN)C(C)C)n2)n1. The molecule has 1 unspecified atom stereocenters. The second-order valence-electron chi connectivity index (χ2n) is 4.53. The summed E-state index contributed by atoms with van der Waals surface area (Å²) in [4.78, 5) is 12.7. The lowest BCUT2D eigenvalue weighted by molar-refractivity contribution is 0.324. The smallest absolute Gasteiger partial charge is 0.231 e. The molecule has 6 nitrogen and oxygen atoms in total. The molecule has 0 bridgehead atoms. The molecule has 2 N–H and O–H groups in total. The largest absolute Gasteiger partial charge is 0.339 e. The van der Waals surface area contributed by atoms with Crippen molar-refractivity contribution in [3.63, 3.8) is 0 Å². The average molecular weight is 247 g/mol. The van der Waals surface area contributed by atoms with E-state index in [1.165, 1.54) is 0 Å². The highest BCUT2D eigenvalue weighted by atomic mass is 16.5. The third kappa shape index (κ3) is 2.53. The zero-order chi connectivity index (χ0) is 13.1. The highest BCUT2D eigenvalue weighted by molar-refractivity contribution is 5.47. The first kappa shape index (κ1) is 12.6. The lowest BCUT2D eigenvalue weighted by atomic mass is 9.96. The van der Waals surface area contributed by atoms with Gasteiger partial charge in [0.25, 0.3) is 0 Å². The van der Waals surface area contributed by atoms with Crippen LogP contribution in [0.15, 0.2) is 16.8 Å². The second-order valence-corrected chi connectivity index (χ2v) is 4.53. The molecule has 0 aliphatic heterocycles. The van der Waals surface area contributed by atoms with Crippen LogP contribution in [0.1, 0.15) is 31.5 Å². The fraction of sp³-hybridized carbons (Fsp3) is 0.500. The predicted molar refractivity (Wildman–Crippen MR) is 66.7 cm³/mol. The Morgan fingerprint density at radius 1 is 1.33 bits per heavy atom. The summed E-state index contributed by atoms with van der Waals surface area (Å²) in [6, 6.07) is 1.76. The van der Waals surface area contributed by atoms with E-state index < -0.39 is 0 Å². The van der Waals surface area contributed by atoms with Gasteiger partial charge in [0.05, 0.1) is 5.92 Å². The monoisotopic (exact) mass is 247 g/mol. The molecule has 0 aromatic carbocycles. The van der Waals surface area contributed by atoms with Gasteiger partial charge in [-0.25, -0.2) is 9.97 Å². The number of hydrogen-bond acceptors (Lipinski definition) is 6. The van der Waals surface area contributed by atoms with Crippen LogP contribution in [-0.2, 0) is 0 Å². The van der Waals surface area contributed by atoms with Gasteiger partial charge in [-0.05, 0) is 18.9 Å². The molecule has 6 heteroatoms. The molecule has 0 amide bonds. The minimum Gasteiger partial charge on any atom is -0.339 e. The Hall–Kier alpha value is -1.82. The van der Waals surface area contributed by atoms with Crippen molar-refractivity contribution in [2.24, 2.45) is 11.7 Å². The van der Waals surface area contributed by atoms with Crippen molar-refractivity contribution in [1.82, 2.24) is 20.1 Å². The minimum absolute atomic E-state index is 0.0779. The molecule has 2 rings (SSSR count). The maximum atomic E-state index is 5.72. The van der Waals surface area contributed by atoms with Gasteiger partial charge in [0.2, 0.25) is 11.7 Å². The molecule has 0 fully saturated rings. The zero-order valence-electron chi connectivity index (χ0n) is 10.8.